The molecule has 8 heteroatoms. The summed E-state index contributed by atoms with van der Waals surface area (Å²) in [5.41, 5.74) is 0.0117. The molecule has 2 rings (SSSR count). The molecule has 0 aliphatic heterocycles. The summed E-state index contributed by atoms with van der Waals surface area (Å²) in [5.74, 6) is 0.409. The molecule has 0 saturated heterocycles. The van der Waals surface area contributed by atoms with Crippen LogP contribution >= 0.6 is 34.2 Å². The first kappa shape index (κ1) is 14.3. The van der Waals surface area contributed by atoms with Crippen molar-refractivity contribution < 1.29 is 9.53 Å². The molecule has 19 heavy (non-hydrogen) atoms. The molecule has 0 aliphatic carbocycles. The van der Waals surface area contributed by atoms with Crippen LogP contribution in [0.3, 0.4) is 0 Å². The van der Waals surface area contributed by atoms with Crippen LogP contribution in [0.1, 0.15) is 20.8 Å². The summed E-state index contributed by atoms with van der Waals surface area (Å²) in [4.78, 5) is 15.9. The van der Waals surface area contributed by atoms with Crippen molar-refractivity contribution in [1.82, 2.24) is 14.6 Å². The summed E-state index contributed by atoms with van der Waals surface area (Å²) in [7, 11) is 0. The molecule has 0 radical (unpaired) electrons. The van der Waals surface area contributed by atoms with Crippen molar-refractivity contribution in [2.45, 2.75) is 26.4 Å². The first-order valence-electron chi connectivity index (χ1n) is 5.46. The number of rotatable bonds is 1. The SMILES string of the molecule is CC(C)(C)OC(=O)Nc1cc(Cl)nc2c(I)cnn12. The lowest BCUT2D eigenvalue weighted by Crippen LogP contribution is -2.28. The summed E-state index contributed by atoms with van der Waals surface area (Å²) in [6.07, 6.45) is 1.07. The second-order valence-corrected chi connectivity index (χ2v) is 6.37. The maximum Gasteiger partial charge on any atom is 0.413 e. The van der Waals surface area contributed by atoms with Crippen molar-refractivity contribution >= 4 is 51.8 Å². The van der Waals surface area contributed by atoms with Crippen molar-refractivity contribution in [2.75, 3.05) is 5.32 Å². The molecule has 0 unspecified atom stereocenters. The summed E-state index contributed by atoms with van der Waals surface area (Å²) < 4.78 is 7.52. The number of anilines is 1. The predicted octanol–water partition coefficient (Wildman–Crippen LogP) is 3.33. The topological polar surface area (TPSA) is 68.5 Å². The number of hydrogen-bond donors (Lipinski definition) is 1. The maximum atomic E-state index is 11.8. The molecular weight excluding hydrogens is 383 g/mol. The average molecular weight is 395 g/mol. The highest BCUT2D eigenvalue weighted by Gasteiger charge is 2.18. The van der Waals surface area contributed by atoms with Crippen LogP contribution < -0.4 is 5.32 Å². The molecule has 0 bridgehead atoms. The molecule has 6 nitrogen and oxygen atoms in total. The smallest absolute Gasteiger partial charge is 0.413 e. The van der Waals surface area contributed by atoms with E-state index in [-0.39, 0.29) is 5.15 Å². The largest absolute Gasteiger partial charge is 0.444 e. The second kappa shape index (κ2) is 5.12. The first-order valence-corrected chi connectivity index (χ1v) is 6.92. The molecule has 2 aromatic rings. The van der Waals surface area contributed by atoms with E-state index in [1.807, 2.05) is 0 Å². The predicted molar refractivity (Wildman–Crippen MR) is 80.6 cm³/mol. The Bertz CT molecular complexity index is 635. The summed E-state index contributed by atoms with van der Waals surface area (Å²) in [6, 6.07) is 1.52. The fourth-order valence-corrected chi connectivity index (χ4v) is 2.06. The van der Waals surface area contributed by atoms with E-state index in [1.54, 1.807) is 27.0 Å². The summed E-state index contributed by atoms with van der Waals surface area (Å²) in [6.45, 7) is 5.37. The minimum Gasteiger partial charge on any atom is -0.444 e. The third-order valence-electron chi connectivity index (χ3n) is 2.03. The fourth-order valence-electron chi connectivity index (χ4n) is 1.40. The first-order chi connectivity index (χ1) is 8.76. The van der Waals surface area contributed by atoms with Gasteiger partial charge in [-0.25, -0.2) is 9.78 Å². The van der Waals surface area contributed by atoms with Gasteiger partial charge < -0.3 is 4.74 Å². The average Bonchev–Trinajstić information content (AvgIpc) is 2.57. The van der Waals surface area contributed by atoms with E-state index in [2.05, 4.69) is 38.0 Å². The zero-order valence-electron chi connectivity index (χ0n) is 10.6. The Kier molecular flexibility index (Phi) is 3.86. The van der Waals surface area contributed by atoms with Gasteiger partial charge in [-0.3, -0.25) is 5.32 Å². The van der Waals surface area contributed by atoms with Crippen LogP contribution in [0.25, 0.3) is 5.65 Å². The van der Waals surface area contributed by atoms with Crippen molar-refractivity contribution in [3.63, 3.8) is 0 Å². The van der Waals surface area contributed by atoms with Crippen molar-refractivity contribution in [1.29, 1.82) is 0 Å². The zero-order chi connectivity index (χ0) is 14.2. The summed E-state index contributed by atoms with van der Waals surface area (Å²) in [5, 5.41) is 7.01. The van der Waals surface area contributed by atoms with Crippen LogP contribution in [0.4, 0.5) is 10.6 Å². The molecule has 0 fully saturated rings. The maximum absolute atomic E-state index is 11.8. The Balaban J connectivity index is 2.33. The number of hydrogen-bond acceptors (Lipinski definition) is 4. The molecule has 1 N–H and O–H groups in total. The van der Waals surface area contributed by atoms with Crippen LogP contribution in [-0.4, -0.2) is 26.3 Å². The zero-order valence-corrected chi connectivity index (χ0v) is 13.5. The molecule has 0 aliphatic rings. The van der Waals surface area contributed by atoms with Gasteiger partial charge in [0.25, 0.3) is 0 Å². The highest BCUT2D eigenvalue weighted by Crippen LogP contribution is 2.20. The van der Waals surface area contributed by atoms with Crippen LogP contribution in [0.2, 0.25) is 5.15 Å². The Labute approximate surface area is 128 Å². The Hall–Kier alpha value is -1.09. The van der Waals surface area contributed by atoms with Gasteiger partial charge in [0, 0.05) is 6.07 Å². The lowest BCUT2D eigenvalue weighted by atomic mass is 10.2. The molecular formula is C11H12ClIN4O2. The molecule has 0 atom stereocenters. The monoisotopic (exact) mass is 394 g/mol. The molecule has 2 aromatic heterocycles. The van der Waals surface area contributed by atoms with E-state index in [0.29, 0.717) is 11.5 Å². The van der Waals surface area contributed by atoms with Gasteiger partial charge in [-0.2, -0.15) is 9.61 Å². The van der Waals surface area contributed by atoms with E-state index in [4.69, 9.17) is 16.3 Å². The molecule has 102 valence electrons. The number of halogens is 2. The molecule has 0 aromatic carbocycles. The van der Waals surface area contributed by atoms with E-state index in [9.17, 15) is 4.79 Å². The summed E-state index contributed by atoms with van der Waals surface area (Å²) >= 11 is 8.02. The van der Waals surface area contributed by atoms with Gasteiger partial charge in [-0.15, -0.1) is 0 Å². The van der Waals surface area contributed by atoms with Crippen molar-refractivity contribution in [3.8, 4) is 0 Å². The second-order valence-electron chi connectivity index (χ2n) is 4.82. The van der Waals surface area contributed by atoms with Gasteiger partial charge in [-0.05, 0) is 43.4 Å². The van der Waals surface area contributed by atoms with Gasteiger partial charge in [0.2, 0.25) is 0 Å². The van der Waals surface area contributed by atoms with E-state index < -0.39 is 11.7 Å². The van der Waals surface area contributed by atoms with E-state index in [0.717, 1.165) is 3.57 Å². The van der Waals surface area contributed by atoms with Gasteiger partial charge in [0.05, 0.1) is 9.77 Å². The third-order valence-corrected chi connectivity index (χ3v) is 2.98. The minimum atomic E-state index is -0.571. The highest BCUT2D eigenvalue weighted by molar-refractivity contribution is 14.1. The molecule has 1 amide bonds. The van der Waals surface area contributed by atoms with E-state index in [1.165, 1.54) is 10.6 Å². The van der Waals surface area contributed by atoms with Crippen LogP contribution in [-0.2, 0) is 4.74 Å². The van der Waals surface area contributed by atoms with Gasteiger partial charge >= 0.3 is 6.09 Å². The van der Waals surface area contributed by atoms with Crippen LogP contribution in [0, 0.1) is 3.57 Å². The number of nitrogens with one attached hydrogen (secondary N) is 1. The van der Waals surface area contributed by atoms with Gasteiger partial charge in [-0.1, -0.05) is 11.6 Å². The van der Waals surface area contributed by atoms with Gasteiger partial charge in [0.1, 0.15) is 16.6 Å². The number of amides is 1. The molecule has 0 saturated carbocycles. The van der Waals surface area contributed by atoms with Gasteiger partial charge in [0.15, 0.2) is 5.65 Å². The number of carbonyl (C=O) groups excluding carboxylic acids is 1. The third kappa shape index (κ3) is 3.47. The number of nitrogens with zero attached hydrogens (tertiary/aromatic N) is 3. The number of fused-ring (bicyclic) bond motifs is 1. The lowest BCUT2D eigenvalue weighted by Gasteiger charge is -2.19. The Morgan fingerprint density at radius 2 is 2.21 bits per heavy atom. The normalized spacial score (nSPS) is 11.6. The number of ether oxygens (including phenoxy) is 1. The van der Waals surface area contributed by atoms with Crippen LogP contribution in [0.15, 0.2) is 12.3 Å². The lowest BCUT2D eigenvalue weighted by molar-refractivity contribution is 0.0635. The van der Waals surface area contributed by atoms with Crippen molar-refractivity contribution in [2.24, 2.45) is 0 Å². The van der Waals surface area contributed by atoms with Crippen molar-refractivity contribution in [3.05, 3.63) is 21.0 Å². The number of aromatic nitrogens is 3. The highest BCUT2D eigenvalue weighted by atomic mass is 127. The quantitative estimate of drug-likeness (QED) is 0.595. The number of carbonyl (C=O) groups is 1. The van der Waals surface area contributed by atoms with E-state index >= 15 is 0 Å². The molecule has 0 spiro atoms. The Morgan fingerprint density at radius 3 is 2.84 bits per heavy atom. The van der Waals surface area contributed by atoms with Crippen LogP contribution in [0.5, 0.6) is 0 Å². The fraction of sp³-hybridized carbons (Fsp3) is 0.364. The standard InChI is InChI=1S/C11H12ClIN4O2/c1-11(2,3)19-10(18)16-8-4-7(12)15-9-6(13)5-14-17(8)9/h4-5H,1-3H3,(H,16,18). The molecule has 2 heterocycles. The Morgan fingerprint density at radius 1 is 1.53 bits per heavy atom. The minimum absolute atomic E-state index is 0.275.